The van der Waals surface area contributed by atoms with Gasteiger partial charge in [0, 0.05) is 23.4 Å². The molecule has 5 aromatic rings. The van der Waals surface area contributed by atoms with Gasteiger partial charge in [0.25, 0.3) is 5.91 Å². The Balaban J connectivity index is 1.27. The second-order valence-corrected chi connectivity index (χ2v) is 10.2. The molecule has 2 amide bonds. The van der Waals surface area contributed by atoms with Gasteiger partial charge >= 0.3 is 6.18 Å². The topological polar surface area (TPSA) is 125 Å². The van der Waals surface area contributed by atoms with Gasteiger partial charge in [-0.25, -0.2) is 4.98 Å². The van der Waals surface area contributed by atoms with E-state index in [9.17, 15) is 33.0 Å². The van der Waals surface area contributed by atoms with Crippen molar-refractivity contribution in [2.75, 3.05) is 19.0 Å². The molecule has 1 aromatic heterocycles. The summed E-state index contributed by atoms with van der Waals surface area (Å²) < 4.78 is 51.3. The molecule has 0 aliphatic heterocycles. The van der Waals surface area contributed by atoms with Crippen molar-refractivity contribution < 1.29 is 42.1 Å². The smallest absolute Gasteiger partial charge is 0.416 e. The van der Waals surface area contributed by atoms with Gasteiger partial charge in [-0.1, -0.05) is 30.3 Å². The quantitative estimate of drug-likeness (QED) is 0.172. The first-order valence-corrected chi connectivity index (χ1v) is 13.7. The fourth-order valence-electron chi connectivity index (χ4n) is 4.77. The number of oxazole rings is 1. The number of halogens is 3. The molecular weight excluding hydrogens is 591 g/mol. The minimum absolute atomic E-state index is 0.0189. The zero-order chi connectivity index (χ0) is 32.1. The number of methoxy groups -OCH3 is 1. The number of nitrogens with zero attached hydrogens (tertiary/aromatic N) is 2. The molecule has 232 valence electrons. The standard InChI is InChI=1S/C33H28F3N3O6/c1-44-25-13-10-23(26(17-25)33(34,35)36)16-29(40)37-24-11-8-22(9-12-24)32(43)39(19-30(41)42)18-20-7-14-28-27(15-20)38-31(45-28)21-5-3-2-4-6-21/h2-15,17,30,41-42H,16,18-19H2,1H3,(H,37,40). The number of rotatable bonds is 10. The summed E-state index contributed by atoms with van der Waals surface area (Å²) in [6.07, 6.45) is -7.01. The van der Waals surface area contributed by atoms with E-state index >= 15 is 0 Å². The molecule has 45 heavy (non-hydrogen) atoms. The van der Waals surface area contributed by atoms with Crippen molar-refractivity contribution in [3.05, 3.63) is 113 Å². The van der Waals surface area contributed by atoms with E-state index in [2.05, 4.69) is 10.3 Å². The van der Waals surface area contributed by atoms with Crippen molar-refractivity contribution in [2.45, 2.75) is 25.4 Å². The number of carbonyl (C=O) groups is 2. The summed E-state index contributed by atoms with van der Waals surface area (Å²) in [6, 6.07) is 23.7. The summed E-state index contributed by atoms with van der Waals surface area (Å²) in [7, 11) is 1.25. The highest BCUT2D eigenvalue weighted by molar-refractivity contribution is 5.96. The molecule has 4 aromatic carbocycles. The first kappa shape index (κ1) is 31.2. The lowest BCUT2D eigenvalue weighted by atomic mass is 10.0. The molecule has 0 aliphatic rings. The van der Waals surface area contributed by atoms with Gasteiger partial charge in [-0.2, -0.15) is 13.2 Å². The third-order valence-corrected chi connectivity index (χ3v) is 6.91. The van der Waals surface area contributed by atoms with Gasteiger partial charge < -0.3 is 29.6 Å². The van der Waals surface area contributed by atoms with Crippen LogP contribution in [-0.4, -0.2) is 51.9 Å². The van der Waals surface area contributed by atoms with Crippen LogP contribution in [0, 0.1) is 0 Å². The number of aromatic nitrogens is 1. The first-order valence-electron chi connectivity index (χ1n) is 13.7. The van der Waals surface area contributed by atoms with Crippen LogP contribution in [-0.2, 0) is 23.9 Å². The molecule has 0 aliphatic carbocycles. The van der Waals surface area contributed by atoms with Gasteiger partial charge in [0.2, 0.25) is 11.8 Å². The lowest BCUT2D eigenvalue weighted by Crippen LogP contribution is -2.37. The van der Waals surface area contributed by atoms with Crippen LogP contribution in [0.2, 0.25) is 0 Å². The molecule has 12 heteroatoms. The van der Waals surface area contributed by atoms with E-state index in [1.165, 1.54) is 48.4 Å². The molecule has 0 saturated carbocycles. The highest BCUT2D eigenvalue weighted by Gasteiger charge is 2.34. The molecule has 0 atom stereocenters. The number of anilines is 1. The maximum Gasteiger partial charge on any atom is 0.416 e. The van der Waals surface area contributed by atoms with Crippen molar-refractivity contribution in [1.82, 2.24) is 9.88 Å². The molecule has 0 saturated heterocycles. The van der Waals surface area contributed by atoms with Crippen molar-refractivity contribution in [3.8, 4) is 17.2 Å². The number of aliphatic hydroxyl groups is 2. The lowest BCUT2D eigenvalue weighted by Gasteiger charge is -2.24. The van der Waals surface area contributed by atoms with E-state index in [0.29, 0.717) is 22.6 Å². The number of hydrogen-bond acceptors (Lipinski definition) is 7. The molecule has 0 spiro atoms. The lowest BCUT2D eigenvalue weighted by molar-refractivity contribution is -0.138. The Labute approximate surface area is 255 Å². The fraction of sp³-hybridized carbons (Fsp3) is 0.182. The van der Waals surface area contributed by atoms with Crippen molar-refractivity contribution >= 4 is 28.6 Å². The molecule has 1 heterocycles. The van der Waals surface area contributed by atoms with Gasteiger partial charge in [0.15, 0.2) is 11.9 Å². The second-order valence-electron chi connectivity index (χ2n) is 10.2. The van der Waals surface area contributed by atoms with Gasteiger partial charge in [0.1, 0.15) is 11.3 Å². The molecule has 9 nitrogen and oxygen atoms in total. The van der Waals surface area contributed by atoms with E-state index in [1.54, 1.807) is 18.2 Å². The van der Waals surface area contributed by atoms with Crippen molar-refractivity contribution in [2.24, 2.45) is 0 Å². The molecular formula is C33H28F3N3O6. The van der Waals surface area contributed by atoms with Crippen LogP contribution in [0.3, 0.4) is 0 Å². The van der Waals surface area contributed by atoms with E-state index in [0.717, 1.165) is 11.6 Å². The van der Waals surface area contributed by atoms with Crippen LogP contribution in [0.15, 0.2) is 95.4 Å². The number of ether oxygens (including phenoxy) is 1. The minimum atomic E-state index is -4.67. The number of aliphatic hydroxyl groups excluding tert-OH is 1. The maximum absolute atomic E-state index is 13.5. The Bertz CT molecular complexity index is 1800. The maximum atomic E-state index is 13.5. The van der Waals surface area contributed by atoms with E-state index in [4.69, 9.17) is 9.15 Å². The van der Waals surface area contributed by atoms with Crippen LogP contribution in [0.1, 0.15) is 27.0 Å². The molecule has 0 unspecified atom stereocenters. The third kappa shape index (κ3) is 7.66. The zero-order valence-corrected chi connectivity index (χ0v) is 23.9. The minimum Gasteiger partial charge on any atom is -0.497 e. The van der Waals surface area contributed by atoms with Gasteiger partial charge in [0.05, 0.1) is 25.6 Å². The Hall–Kier alpha value is -5.20. The van der Waals surface area contributed by atoms with Gasteiger partial charge in [-0.05, 0) is 71.8 Å². The summed E-state index contributed by atoms with van der Waals surface area (Å²) in [5, 5.41) is 21.9. The largest absolute Gasteiger partial charge is 0.497 e. The number of fused-ring (bicyclic) bond motifs is 1. The summed E-state index contributed by atoms with van der Waals surface area (Å²) in [4.78, 5) is 31.7. The van der Waals surface area contributed by atoms with Crippen LogP contribution in [0.4, 0.5) is 18.9 Å². The number of carbonyl (C=O) groups excluding carboxylic acids is 2. The number of alkyl halides is 3. The Morgan fingerprint density at radius 2 is 1.71 bits per heavy atom. The van der Waals surface area contributed by atoms with Crippen LogP contribution >= 0.6 is 0 Å². The highest BCUT2D eigenvalue weighted by Crippen LogP contribution is 2.35. The van der Waals surface area contributed by atoms with Crippen LogP contribution in [0.25, 0.3) is 22.6 Å². The zero-order valence-electron chi connectivity index (χ0n) is 23.9. The van der Waals surface area contributed by atoms with Gasteiger partial charge in [-0.15, -0.1) is 0 Å². The number of benzene rings is 4. The second kappa shape index (κ2) is 13.2. The summed E-state index contributed by atoms with van der Waals surface area (Å²) in [5.74, 6) is -0.739. The van der Waals surface area contributed by atoms with Gasteiger partial charge in [-0.3, -0.25) is 9.59 Å². The number of hydrogen-bond donors (Lipinski definition) is 3. The number of nitrogens with one attached hydrogen (secondary N) is 1. The summed E-state index contributed by atoms with van der Waals surface area (Å²) >= 11 is 0. The van der Waals surface area contributed by atoms with Crippen LogP contribution in [0.5, 0.6) is 5.75 Å². The van der Waals surface area contributed by atoms with Crippen molar-refractivity contribution in [1.29, 1.82) is 0 Å². The molecule has 0 fully saturated rings. The predicted molar refractivity (Wildman–Crippen MR) is 159 cm³/mol. The highest BCUT2D eigenvalue weighted by atomic mass is 19.4. The molecule has 3 N–H and O–H groups in total. The Morgan fingerprint density at radius 3 is 2.38 bits per heavy atom. The Kier molecular flexibility index (Phi) is 9.16. The predicted octanol–water partition coefficient (Wildman–Crippen LogP) is 5.66. The molecule has 5 rings (SSSR count). The van der Waals surface area contributed by atoms with E-state index < -0.39 is 36.3 Å². The SMILES string of the molecule is COc1ccc(CC(=O)Nc2ccc(C(=O)N(Cc3ccc4oc(-c5ccccc5)nc4c3)CC(O)O)cc2)c(C(F)(F)F)c1. The fourth-order valence-corrected chi connectivity index (χ4v) is 4.77. The third-order valence-electron chi connectivity index (χ3n) is 6.91. The van der Waals surface area contributed by atoms with E-state index in [1.807, 2.05) is 30.3 Å². The first-order chi connectivity index (χ1) is 21.5. The summed E-state index contributed by atoms with van der Waals surface area (Å²) in [5.41, 5.74) is 1.87. The Morgan fingerprint density at radius 1 is 0.978 bits per heavy atom. The van der Waals surface area contributed by atoms with E-state index in [-0.39, 0.29) is 35.7 Å². The summed E-state index contributed by atoms with van der Waals surface area (Å²) in [6.45, 7) is -0.353. The molecule has 0 bridgehead atoms. The average molecular weight is 620 g/mol. The monoisotopic (exact) mass is 619 g/mol. The van der Waals surface area contributed by atoms with Crippen molar-refractivity contribution in [3.63, 3.8) is 0 Å². The molecule has 0 radical (unpaired) electrons. The number of amides is 2. The average Bonchev–Trinajstić information content (AvgIpc) is 3.44. The normalized spacial score (nSPS) is 11.5. The van der Waals surface area contributed by atoms with Crippen LogP contribution < -0.4 is 10.1 Å².